The summed E-state index contributed by atoms with van der Waals surface area (Å²) in [5, 5.41) is 3.14. The van der Waals surface area contributed by atoms with Gasteiger partial charge in [-0.3, -0.25) is 4.79 Å². The Balaban J connectivity index is 2.50. The third-order valence-corrected chi connectivity index (χ3v) is 3.88. The summed E-state index contributed by atoms with van der Waals surface area (Å²) in [4.78, 5) is 12.3. The predicted octanol–water partition coefficient (Wildman–Crippen LogP) is 2.45. The van der Waals surface area contributed by atoms with Crippen molar-refractivity contribution in [3.8, 4) is 0 Å². The number of hydrogen-bond donors (Lipinski definition) is 2. The van der Waals surface area contributed by atoms with Crippen molar-refractivity contribution in [3.63, 3.8) is 0 Å². The molecule has 0 aromatic heterocycles. The lowest BCUT2D eigenvalue weighted by atomic mass is 9.75. The highest BCUT2D eigenvalue weighted by Crippen LogP contribution is 2.35. The lowest BCUT2D eigenvalue weighted by molar-refractivity contribution is -0.132. The zero-order chi connectivity index (χ0) is 12.9. The second-order valence-electron chi connectivity index (χ2n) is 6.16. The number of amides is 1. The van der Waals surface area contributed by atoms with Crippen molar-refractivity contribution in [3.05, 3.63) is 0 Å². The molecular weight excluding hydrogens is 212 g/mol. The second kappa shape index (κ2) is 6.39. The summed E-state index contributed by atoms with van der Waals surface area (Å²) in [6, 6.07) is 0.140. The zero-order valence-corrected chi connectivity index (χ0v) is 11.6. The fraction of sp³-hybridized carbons (Fsp3) is 0.929. The van der Waals surface area contributed by atoms with Crippen LogP contribution in [0.1, 0.15) is 59.3 Å². The maximum atomic E-state index is 12.3. The molecule has 1 unspecified atom stereocenters. The molecule has 0 radical (unpaired) electrons. The predicted molar refractivity (Wildman–Crippen MR) is 71.6 cm³/mol. The van der Waals surface area contributed by atoms with Crippen LogP contribution in [0.15, 0.2) is 0 Å². The molecule has 0 heterocycles. The van der Waals surface area contributed by atoms with Crippen LogP contribution in [-0.4, -0.2) is 18.5 Å². The van der Waals surface area contributed by atoms with E-state index in [1.807, 2.05) is 0 Å². The summed E-state index contributed by atoms with van der Waals surface area (Å²) >= 11 is 0. The first-order valence-electron chi connectivity index (χ1n) is 6.99. The number of carbonyl (C=O) groups excluding carboxylic acids is 1. The van der Waals surface area contributed by atoms with E-state index in [-0.39, 0.29) is 17.4 Å². The van der Waals surface area contributed by atoms with Gasteiger partial charge in [0, 0.05) is 18.0 Å². The Hall–Kier alpha value is -0.570. The largest absolute Gasteiger partial charge is 0.352 e. The molecule has 0 aromatic carbocycles. The fourth-order valence-electron chi connectivity index (χ4n) is 2.70. The first-order chi connectivity index (χ1) is 7.98. The first-order valence-corrected chi connectivity index (χ1v) is 6.99. The molecule has 0 spiro atoms. The minimum absolute atomic E-state index is 0.140. The van der Waals surface area contributed by atoms with Crippen LogP contribution in [-0.2, 0) is 4.79 Å². The van der Waals surface area contributed by atoms with Gasteiger partial charge in [0.1, 0.15) is 0 Å². The molecule has 1 amide bonds. The maximum Gasteiger partial charge on any atom is 0.226 e. The molecule has 1 aliphatic rings. The van der Waals surface area contributed by atoms with Crippen LogP contribution < -0.4 is 11.1 Å². The molecule has 3 heteroatoms. The van der Waals surface area contributed by atoms with Crippen LogP contribution in [0.5, 0.6) is 0 Å². The fourth-order valence-corrected chi connectivity index (χ4v) is 2.70. The average Bonchev–Trinajstić information content (AvgIpc) is 2.28. The second-order valence-corrected chi connectivity index (χ2v) is 6.16. The van der Waals surface area contributed by atoms with Crippen molar-refractivity contribution < 1.29 is 4.79 Å². The Bertz CT molecular complexity index is 245. The van der Waals surface area contributed by atoms with Crippen molar-refractivity contribution in [2.45, 2.75) is 65.3 Å². The third-order valence-electron chi connectivity index (χ3n) is 3.88. The Morgan fingerprint density at radius 1 is 1.29 bits per heavy atom. The molecule has 100 valence electrons. The van der Waals surface area contributed by atoms with E-state index >= 15 is 0 Å². The Labute approximate surface area is 106 Å². The molecule has 0 bridgehead atoms. The van der Waals surface area contributed by atoms with Gasteiger partial charge in [-0.05, 0) is 25.2 Å². The Morgan fingerprint density at radius 2 is 1.88 bits per heavy atom. The molecule has 1 atom stereocenters. The minimum atomic E-state index is -0.150. The molecule has 0 aliphatic heterocycles. The summed E-state index contributed by atoms with van der Waals surface area (Å²) < 4.78 is 0. The van der Waals surface area contributed by atoms with E-state index in [0.29, 0.717) is 12.5 Å². The standard InChI is InChI=1S/C14H28N2O/c1-11(2)9-12(10-15)16-13(17)14(3)7-5-4-6-8-14/h11-12H,4-10,15H2,1-3H3,(H,16,17). The van der Waals surface area contributed by atoms with Crippen LogP contribution in [0, 0.1) is 11.3 Å². The van der Waals surface area contributed by atoms with Crippen LogP contribution >= 0.6 is 0 Å². The van der Waals surface area contributed by atoms with E-state index in [2.05, 4.69) is 26.1 Å². The summed E-state index contributed by atoms with van der Waals surface area (Å²) in [6.07, 6.45) is 6.66. The van der Waals surface area contributed by atoms with E-state index < -0.39 is 0 Å². The van der Waals surface area contributed by atoms with E-state index in [1.165, 1.54) is 19.3 Å². The highest BCUT2D eigenvalue weighted by Gasteiger charge is 2.35. The van der Waals surface area contributed by atoms with Crippen LogP contribution in [0.4, 0.5) is 0 Å². The van der Waals surface area contributed by atoms with E-state index in [0.717, 1.165) is 19.3 Å². The highest BCUT2D eigenvalue weighted by atomic mass is 16.2. The van der Waals surface area contributed by atoms with Gasteiger partial charge in [-0.2, -0.15) is 0 Å². The van der Waals surface area contributed by atoms with E-state index in [1.54, 1.807) is 0 Å². The normalized spacial score (nSPS) is 21.2. The van der Waals surface area contributed by atoms with Gasteiger partial charge in [0.15, 0.2) is 0 Å². The molecule has 3 N–H and O–H groups in total. The van der Waals surface area contributed by atoms with Gasteiger partial charge >= 0.3 is 0 Å². The maximum absolute atomic E-state index is 12.3. The third kappa shape index (κ3) is 4.30. The topological polar surface area (TPSA) is 55.1 Å². The molecule has 1 fully saturated rings. The smallest absolute Gasteiger partial charge is 0.226 e. The van der Waals surface area contributed by atoms with Crippen molar-refractivity contribution in [1.29, 1.82) is 0 Å². The van der Waals surface area contributed by atoms with Crippen LogP contribution in [0.2, 0.25) is 0 Å². The number of nitrogens with one attached hydrogen (secondary N) is 1. The number of rotatable bonds is 5. The summed E-state index contributed by atoms with van der Waals surface area (Å²) in [7, 11) is 0. The number of hydrogen-bond acceptors (Lipinski definition) is 2. The van der Waals surface area contributed by atoms with Gasteiger partial charge in [-0.1, -0.05) is 40.0 Å². The van der Waals surface area contributed by atoms with Gasteiger partial charge < -0.3 is 11.1 Å². The Kier molecular flexibility index (Phi) is 5.44. The van der Waals surface area contributed by atoms with E-state index in [4.69, 9.17) is 5.73 Å². The first kappa shape index (κ1) is 14.5. The van der Waals surface area contributed by atoms with Crippen molar-refractivity contribution in [2.24, 2.45) is 17.1 Å². The van der Waals surface area contributed by atoms with Gasteiger partial charge in [0.2, 0.25) is 5.91 Å². The highest BCUT2D eigenvalue weighted by molar-refractivity contribution is 5.82. The lowest BCUT2D eigenvalue weighted by Gasteiger charge is -2.34. The summed E-state index contributed by atoms with van der Waals surface area (Å²) in [5.41, 5.74) is 5.58. The van der Waals surface area contributed by atoms with Crippen molar-refractivity contribution in [2.75, 3.05) is 6.54 Å². The molecule has 17 heavy (non-hydrogen) atoms. The Morgan fingerprint density at radius 3 is 2.35 bits per heavy atom. The van der Waals surface area contributed by atoms with Gasteiger partial charge in [0.25, 0.3) is 0 Å². The lowest BCUT2D eigenvalue weighted by Crippen LogP contribution is -2.48. The van der Waals surface area contributed by atoms with Crippen molar-refractivity contribution >= 4 is 5.91 Å². The molecule has 1 saturated carbocycles. The molecule has 1 rings (SSSR count). The average molecular weight is 240 g/mol. The number of carbonyl (C=O) groups is 1. The molecular formula is C14H28N2O. The van der Waals surface area contributed by atoms with Gasteiger partial charge in [0.05, 0.1) is 0 Å². The van der Waals surface area contributed by atoms with Crippen LogP contribution in [0.25, 0.3) is 0 Å². The van der Waals surface area contributed by atoms with Gasteiger partial charge in [-0.15, -0.1) is 0 Å². The van der Waals surface area contributed by atoms with Gasteiger partial charge in [-0.25, -0.2) is 0 Å². The van der Waals surface area contributed by atoms with E-state index in [9.17, 15) is 4.79 Å². The molecule has 1 aliphatic carbocycles. The molecule has 3 nitrogen and oxygen atoms in total. The summed E-state index contributed by atoms with van der Waals surface area (Å²) in [6.45, 7) is 6.97. The SMILES string of the molecule is CC(C)CC(CN)NC(=O)C1(C)CCCCC1. The zero-order valence-electron chi connectivity index (χ0n) is 11.6. The van der Waals surface area contributed by atoms with Crippen LogP contribution in [0.3, 0.4) is 0 Å². The van der Waals surface area contributed by atoms with Crippen molar-refractivity contribution in [1.82, 2.24) is 5.32 Å². The minimum Gasteiger partial charge on any atom is -0.352 e. The quantitative estimate of drug-likeness (QED) is 0.775. The molecule has 0 aromatic rings. The molecule has 0 saturated heterocycles. The monoisotopic (exact) mass is 240 g/mol. The summed E-state index contributed by atoms with van der Waals surface area (Å²) in [5.74, 6) is 0.788. The number of nitrogens with two attached hydrogens (primary N) is 1.